The Labute approximate surface area is 171 Å². The predicted octanol–water partition coefficient (Wildman–Crippen LogP) is 6.36. The van der Waals surface area contributed by atoms with Crippen LogP contribution in [-0.2, 0) is 6.18 Å². The Bertz CT molecular complexity index is 1050. The van der Waals surface area contributed by atoms with Crippen molar-refractivity contribution in [2.45, 2.75) is 39.5 Å². The van der Waals surface area contributed by atoms with Crippen molar-refractivity contribution in [2.24, 2.45) is 0 Å². The fourth-order valence-corrected chi connectivity index (χ4v) is 2.99. The number of aromatic nitrogens is 3. The minimum Gasteiger partial charge on any atom is -0.472 e. The van der Waals surface area contributed by atoms with Crippen molar-refractivity contribution in [2.75, 3.05) is 0 Å². The molecule has 0 saturated heterocycles. The van der Waals surface area contributed by atoms with E-state index in [1.165, 1.54) is 18.3 Å². The number of pyridine rings is 3. The van der Waals surface area contributed by atoms with E-state index in [4.69, 9.17) is 16.3 Å². The van der Waals surface area contributed by atoms with Gasteiger partial charge in [-0.3, -0.25) is 4.98 Å². The lowest BCUT2D eigenvalue weighted by Gasteiger charge is -2.24. The van der Waals surface area contributed by atoms with Gasteiger partial charge in [0.1, 0.15) is 10.8 Å². The average molecular weight is 422 g/mol. The maximum Gasteiger partial charge on any atom is 0.434 e. The normalized spacial score (nSPS) is 12.1. The molecule has 0 radical (unpaired) electrons. The number of ether oxygens (including phenoxy) is 1. The molecule has 3 rings (SSSR count). The molecule has 0 saturated carbocycles. The molecule has 0 aliphatic carbocycles. The van der Waals surface area contributed by atoms with Crippen LogP contribution in [0.5, 0.6) is 5.88 Å². The van der Waals surface area contributed by atoms with E-state index in [2.05, 4.69) is 15.0 Å². The van der Waals surface area contributed by atoms with Gasteiger partial charge in [0.15, 0.2) is 5.69 Å². The Morgan fingerprint density at radius 1 is 0.966 bits per heavy atom. The molecule has 0 unspecified atom stereocenters. The maximum absolute atomic E-state index is 13.5. The second-order valence-electron chi connectivity index (χ2n) is 7.46. The van der Waals surface area contributed by atoms with E-state index in [0.717, 1.165) is 6.20 Å². The monoisotopic (exact) mass is 421 g/mol. The van der Waals surface area contributed by atoms with Gasteiger partial charge in [-0.05, 0) is 69.2 Å². The number of rotatable bonds is 3. The van der Waals surface area contributed by atoms with Crippen LogP contribution in [0.1, 0.15) is 32.0 Å². The molecule has 0 amide bonds. The van der Waals surface area contributed by atoms with Gasteiger partial charge in [0.05, 0.1) is 5.69 Å². The number of halogens is 4. The Morgan fingerprint density at radius 3 is 2.31 bits per heavy atom. The third-order valence-corrected chi connectivity index (χ3v) is 4.23. The third-order valence-electron chi connectivity index (χ3n) is 4.02. The summed E-state index contributed by atoms with van der Waals surface area (Å²) in [6, 6.07) is 7.75. The molecule has 0 bridgehead atoms. The van der Waals surface area contributed by atoms with Crippen molar-refractivity contribution in [1.29, 1.82) is 0 Å². The molecular formula is C21H19ClF3N3O. The molecule has 152 valence electrons. The second-order valence-corrected chi connectivity index (χ2v) is 7.85. The van der Waals surface area contributed by atoms with Gasteiger partial charge in [-0.25, -0.2) is 9.97 Å². The highest BCUT2D eigenvalue weighted by Crippen LogP contribution is 2.39. The fourth-order valence-electron chi connectivity index (χ4n) is 2.82. The first-order valence-corrected chi connectivity index (χ1v) is 9.19. The van der Waals surface area contributed by atoms with Crippen molar-refractivity contribution in [1.82, 2.24) is 15.0 Å². The van der Waals surface area contributed by atoms with E-state index in [-0.39, 0.29) is 22.3 Å². The zero-order chi connectivity index (χ0) is 21.4. The lowest BCUT2D eigenvalue weighted by molar-refractivity contribution is -0.140. The van der Waals surface area contributed by atoms with Crippen LogP contribution in [0, 0.1) is 6.92 Å². The minimum atomic E-state index is -4.62. The molecule has 0 atom stereocenters. The molecule has 0 spiro atoms. The summed E-state index contributed by atoms with van der Waals surface area (Å²) in [7, 11) is 0. The molecule has 0 aromatic carbocycles. The first kappa shape index (κ1) is 21.0. The van der Waals surface area contributed by atoms with Crippen LogP contribution in [0.4, 0.5) is 13.2 Å². The second kappa shape index (κ2) is 7.63. The van der Waals surface area contributed by atoms with Crippen LogP contribution >= 0.6 is 11.6 Å². The van der Waals surface area contributed by atoms with E-state index >= 15 is 0 Å². The largest absolute Gasteiger partial charge is 0.472 e. The van der Waals surface area contributed by atoms with E-state index in [1.54, 1.807) is 25.1 Å². The number of alkyl halides is 3. The van der Waals surface area contributed by atoms with Crippen LogP contribution in [-0.4, -0.2) is 20.6 Å². The molecule has 4 nitrogen and oxygen atoms in total. The van der Waals surface area contributed by atoms with Gasteiger partial charge in [-0.15, -0.1) is 0 Å². The number of hydrogen-bond donors (Lipinski definition) is 0. The van der Waals surface area contributed by atoms with Crippen LogP contribution < -0.4 is 4.74 Å². The van der Waals surface area contributed by atoms with Gasteiger partial charge in [-0.2, -0.15) is 13.2 Å². The molecule has 0 fully saturated rings. The zero-order valence-electron chi connectivity index (χ0n) is 16.3. The van der Waals surface area contributed by atoms with Crippen LogP contribution in [0.2, 0.25) is 5.15 Å². The molecule has 0 N–H and O–H groups in total. The predicted molar refractivity (Wildman–Crippen MR) is 106 cm³/mol. The molecule has 0 aliphatic heterocycles. The van der Waals surface area contributed by atoms with E-state index in [0.29, 0.717) is 16.7 Å². The molecule has 3 aromatic rings. The summed E-state index contributed by atoms with van der Waals surface area (Å²) in [5.41, 5.74) is 0.419. The first-order chi connectivity index (χ1) is 13.5. The van der Waals surface area contributed by atoms with Gasteiger partial charge < -0.3 is 4.74 Å². The summed E-state index contributed by atoms with van der Waals surface area (Å²) in [6.45, 7) is 7.33. The van der Waals surface area contributed by atoms with Crippen molar-refractivity contribution < 1.29 is 17.9 Å². The molecule has 8 heteroatoms. The lowest BCUT2D eigenvalue weighted by atomic mass is 9.99. The maximum atomic E-state index is 13.5. The topological polar surface area (TPSA) is 47.9 Å². The summed E-state index contributed by atoms with van der Waals surface area (Å²) in [4.78, 5) is 11.9. The number of hydrogen-bond acceptors (Lipinski definition) is 4. The number of nitrogens with zero attached hydrogens (tertiary/aromatic N) is 3. The molecule has 29 heavy (non-hydrogen) atoms. The Balaban J connectivity index is 2.29. The highest BCUT2D eigenvalue weighted by molar-refractivity contribution is 6.29. The van der Waals surface area contributed by atoms with E-state index in [1.807, 2.05) is 20.8 Å². The third kappa shape index (κ3) is 4.85. The van der Waals surface area contributed by atoms with Crippen molar-refractivity contribution in [3.63, 3.8) is 0 Å². The van der Waals surface area contributed by atoms with Crippen molar-refractivity contribution >= 4 is 11.6 Å². The molecule has 3 heterocycles. The zero-order valence-corrected chi connectivity index (χ0v) is 17.1. The summed E-state index contributed by atoms with van der Waals surface area (Å²) in [5.74, 6) is 0.245. The van der Waals surface area contributed by atoms with Crippen molar-refractivity contribution in [3.05, 3.63) is 59.1 Å². The quantitative estimate of drug-likeness (QED) is 0.461. The van der Waals surface area contributed by atoms with Gasteiger partial charge in [0.2, 0.25) is 5.88 Å². The van der Waals surface area contributed by atoms with E-state index < -0.39 is 17.5 Å². The Morgan fingerprint density at radius 2 is 1.69 bits per heavy atom. The summed E-state index contributed by atoms with van der Waals surface area (Å²) in [5, 5.41) is 0.274. The SMILES string of the molecule is Cc1c(-c2ccnc(Cl)c2)cc(-c2cccnc2C(F)(F)F)nc1OC(C)(C)C. The van der Waals surface area contributed by atoms with Crippen LogP contribution in [0.3, 0.4) is 0 Å². The van der Waals surface area contributed by atoms with E-state index in [9.17, 15) is 13.2 Å². The van der Waals surface area contributed by atoms with Crippen LogP contribution in [0.15, 0.2) is 42.7 Å². The highest BCUT2D eigenvalue weighted by Gasteiger charge is 2.36. The van der Waals surface area contributed by atoms with Gasteiger partial charge in [0, 0.05) is 23.5 Å². The summed E-state index contributed by atoms with van der Waals surface area (Å²) in [6.07, 6.45) is -1.97. The summed E-state index contributed by atoms with van der Waals surface area (Å²) < 4.78 is 46.5. The lowest BCUT2D eigenvalue weighted by Crippen LogP contribution is -2.24. The fraction of sp³-hybridized carbons (Fsp3) is 0.286. The van der Waals surface area contributed by atoms with Crippen LogP contribution in [0.25, 0.3) is 22.4 Å². The van der Waals surface area contributed by atoms with Gasteiger partial charge >= 0.3 is 6.18 Å². The summed E-state index contributed by atoms with van der Waals surface area (Å²) >= 11 is 6.02. The minimum absolute atomic E-state index is 0.109. The smallest absolute Gasteiger partial charge is 0.434 e. The Hall–Kier alpha value is -2.67. The van der Waals surface area contributed by atoms with Gasteiger partial charge in [-0.1, -0.05) is 11.6 Å². The Kier molecular flexibility index (Phi) is 5.54. The molecule has 3 aromatic heterocycles. The highest BCUT2D eigenvalue weighted by atomic mass is 35.5. The first-order valence-electron chi connectivity index (χ1n) is 8.81. The molecule has 0 aliphatic rings. The standard InChI is InChI=1S/C21H19ClF3N3O/c1-12-15(13-7-9-26-17(22)10-13)11-16(28-19(12)29-20(2,3)4)14-6-5-8-27-18(14)21(23,24)25/h5-11H,1-4H3. The average Bonchev–Trinajstić information content (AvgIpc) is 2.61. The van der Waals surface area contributed by atoms with Gasteiger partial charge in [0.25, 0.3) is 0 Å². The van der Waals surface area contributed by atoms with Crippen molar-refractivity contribution in [3.8, 4) is 28.3 Å². The molecular weight excluding hydrogens is 403 g/mol.